The van der Waals surface area contributed by atoms with Crippen LogP contribution in [0, 0.1) is 5.92 Å². The van der Waals surface area contributed by atoms with Gasteiger partial charge >= 0.3 is 0 Å². The van der Waals surface area contributed by atoms with Gasteiger partial charge in [-0.05, 0) is 18.7 Å². The Bertz CT molecular complexity index is 353. The van der Waals surface area contributed by atoms with E-state index in [0.29, 0.717) is 19.1 Å². The fraction of sp³-hybridized carbons (Fsp3) is 0.417. The molecule has 3 N–H and O–H groups in total. The first-order valence-corrected chi connectivity index (χ1v) is 5.32. The maximum absolute atomic E-state index is 10.9. The smallest absolute Gasteiger partial charge is 0.221 e. The number of carbonyl (C=O) groups excluding carboxylic acids is 1. The molecular formula is C12H18N2O2. The molecule has 1 amide bonds. The first-order valence-electron chi connectivity index (χ1n) is 5.32. The molecule has 1 unspecified atom stereocenters. The van der Waals surface area contributed by atoms with Crippen LogP contribution in [-0.2, 0) is 4.79 Å². The summed E-state index contributed by atoms with van der Waals surface area (Å²) in [5.41, 5.74) is 6.24. The van der Waals surface area contributed by atoms with Gasteiger partial charge < -0.3 is 15.8 Å². The van der Waals surface area contributed by atoms with E-state index < -0.39 is 0 Å². The Balaban J connectivity index is 2.56. The predicted molar refractivity (Wildman–Crippen MR) is 64.5 cm³/mol. The molecule has 88 valence electrons. The van der Waals surface area contributed by atoms with Gasteiger partial charge in [0.15, 0.2) is 0 Å². The lowest BCUT2D eigenvalue weighted by Crippen LogP contribution is -2.18. The summed E-state index contributed by atoms with van der Waals surface area (Å²) < 4.78 is 5.55. The van der Waals surface area contributed by atoms with Crippen molar-refractivity contribution >= 4 is 11.6 Å². The molecule has 0 spiro atoms. The largest absolute Gasteiger partial charge is 0.493 e. The van der Waals surface area contributed by atoms with E-state index in [1.165, 1.54) is 6.92 Å². The van der Waals surface area contributed by atoms with Gasteiger partial charge in [-0.3, -0.25) is 4.79 Å². The fourth-order valence-corrected chi connectivity index (χ4v) is 1.17. The molecule has 16 heavy (non-hydrogen) atoms. The van der Waals surface area contributed by atoms with Gasteiger partial charge in [0.1, 0.15) is 5.75 Å². The van der Waals surface area contributed by atoms with Crippen molar-refractivity contribution in [2.24, 2.45) is 11.7 Å². The molecule has 1 aromatic rings. The third kappa shape index (κ3) is 4.31. The van der Waals surface area contributed by atoms with Crippen molar-refractivity contribution < 1.29 is 9.53 Å². The molecule has 0 fully saturated rings. The highest BCUT2D eigenvalue weighted by Gasteiger charge is 2.02. The van der Waals surface area contributed by atoms with Crippen LogP contribution < -0.4 is 15.8 Å². The van der Waals surface area contributed by atoms with E-state index in [0.717, 1.165) is 11.4 Å². The summed E-state index contributed by atoms with van der Waals surface area (Å²) in [6, 6.07) is 7.31. The van der Waals surface area contributed by atoms with Crippen LogP contribution in [0.25, 0.3) is 0 Å². The average molecular weight is 222 g/mol. The van der Waals surface area contributed by atoms with E-state index in [1.807, 2.05) is 25.1 Å². The Morgan fingerprint density at radius 1 is 1.56 bits per heavy atom. The molecule has 0 aromatic heterocycles. The maximum Gasteiger partial charge on any atom is 0.221 e. The summed E-state index contributed by atoms with van der Waals surface area (Å²) in [7, 11) is 0. The summed E-state index contributed by atoms with van der Waals surface area (Å²) >= 11 is 0. The standard InChI is InChI=1S/C12H18N2O2/c1-9(7-13)8-16-12-5-3-4-11(6-12)14-10(2)15/h3-6,9H,7-8,13H2,1-2H3,(H,14,15). The number of amides is 1. The van der Waals surface area contributed by atoms with E-state index in [-0.39, 0.29) is 5.91 Å². The van der Waals surface area contributed by atoms with E-state index in [1.54, 1.807) is 6.07 Å². The normalized spacial score (nSPS) is 11.9. The third-order valence-electron chi connectivity index (χ3n) is 2.09. The summed E-state index contributed by atoms with van der Waals surface area (Å²) in [5.74, 6) is 0.975. The molecule has 0 heterocycles. The lowest BCUT2D eigenvalue weighted by molar-refractivity contribution is -0.114. The second kappa shape index (κ2) is 6.12. The molecule has 1 aromatic carbocycles. The molecule has 0 aliphatic heterocycles. The van der Waals surface area contributed by atoms with Crippen molar-refractivity contribution in [3.8, 4) is 5.75 Å². The zero-order valence-electron chi connectivity index (χ0n) is 9.69. The highest BCUT2D eigenvalue weighted by atomic mass is 16.5. The Kier molecular flexibility index (Phi) is 4.79. The molecule has 4 nitrogen and oxygen atoms in total. The quantitative estimate of drug-likeness (QED) is 0.795. The number of hydrogen-bond donors (Lipinski definition) is 2. The number of carbonyl (C=O) groups is 1. The SMILES string of the molecule is CC(=O)Nc1cccc(OCC(C)CN)c1. The molecule has 0 saturated heterocycles. The second-order valence-corrected chi connectivity index (χ2v) is 3.86. The summed E-state index contributed by atoms with van der Waals surface area (Å²) in [6.07, 6.45) is 0. The van der Waals surface area contributed by atoms with Crippen LogP contribution in [0.1, 0.15) is 13.8 Å². The molecule has 0 aliphatic carbocycles. The highest BCUT2D eigenvalue weighted by molar-refractivity contribution is 5.88. The first kappa shape index (κ1) is 12.5. The van der Waals surface area contributed by atoms with Crippen molar-refractivity contribution in [1.82, 2.24) is 0 Å². The third-order valence-corrected chi connectivity index (χ3v) is 2.09. The molecule has 1 rings (SSSR count). The maximum atomic E-state index is 10.9. The lowest BCUT2D eigenvalue weighted by atomic mass is 10.2. The van der Waals surface area contributed by atoms with Gasteiger partial charge in [-0.25, -0.2) is 0 Å². The zero-order valence-corrected chi connectivity index (χ0v) is 9.69. The van der Waals surface area contributed by atoms with Gasteiger partial charge in [0.25, 0.3) is 0 Å². The number of hydrogen-bond acceptors (Lipinski definition) is 3. The molecule has 0 saturated carbocycles. The minimum atomic E-state index is -0.0903. The van der Waals surface area contributed by atoms with Gasteiger partial charge in [0.2, 0.25) is 5.91 Å². The topological polar surface area (TPSA) is 64.3 Å². The lowest BCUT2D eigenvalue weighted by Gasteiger charge is -2.11. The van der Waals surface area contributed by atoms with Crippen molar-refractivity contribution in [3.63, 3.8) is 0 Å². The Morgan fingerprint density at radius 2 is 2.31 bits per heavy atom. The highest BCUT2D eigenvalue weighted by Crippen LogP contribution is 2.17. The molecule has 0 aliphatic rings. The Morgan fingerprint density at radius 3 is 2.94 bits per heavy atom. The number of nitrogens with two attached hydrogens (primary N) is 1. The number of rotatable bonds is 5. The fourth-order valence-electron chi connectivity index (χ4n) is 1.17. The van der Waals surface area contributed by atoms with Crippen LogP contribution in [0.3, 0.4) is 0 Å². The van der Waals surface area contributed by atoms with Crippen LogP contribution in [0.5, 0.6) is 5.75 Å². The number of ether oxygens (including phenoxy) is 1. The number of benzene rings is 1. The summed E-state index contributed by atoms with van der Waals surface area (Å²) in [6.45, 7) is 4.69. The van der Waals surface area contributed by atoms with Crippen LogP contribution in [0.15, 0.2) is 24.3 Å². The van der Waals surface area contributed by atoms with Crippen LogP contribution in [0.2, 0.25) is 0 Å². The second-order valence-electron chi connectivity index (χ2n) is 3.86. The van der Waals surface area contributed by atoms with Crippen LogP contribution in [-0.4, -0.2) is 19.1 Å². The van der Waals surface area contributed by atoms with Crippen molar-refractivity contribution in [2.45, 2.75) is 13.8 Å². The van der Waals surface area contributed by atoms with Crippen LogP contribution in [0.4, 0.5) is 5.69 Å². The number of nitrogens with one attached hydrogen (secondary N) is 1. The molecule has 1 atom stereocenters. The van der Waals surface area contributed by atoms with E-state index in [4.69, 9.17) is 10.5 Å². The molecule has 4 heteroatoms. The minimum Gasteiger partial charge on any atom is -0.493 e. The van der Waals surface area contributed by atoms with E-state index >= 15 is 0 Å². The molecular weight excluding hydrogens is 204 g/mol. The van der Waals surface area contributed by atoms with Crippen molar-refractivity contribution in [1.29, 1.82) is 0 Å². The van der Waals surface area contributed by atoms with Gasteiger partial charge in [0, 0.05) is 24.6 Å². The Labute approximate surface area is 95.8 Å². The van der Waals surface area contributed by atoms with E-state index in [2.05, 4.69) is 5.32 Å². The minimum absolute atomic E-state index is 0.0903. The van der Waals surface area contributed by atoms with E-state index in [9.17, 15) is 4.79 Å². The summed E-state index contributed by atoms with van der Waals surface area (Å²) in [4.78, 5) is 10.9. The van der Waals surface area contributed by atoms with Gasteiger partial charge in [0.05, 0.1) is 6.61 Å². The van der Waals surface area contributed by atoms with Crippen molar-refractivity contribution in [3.05, 3.63) is 24.3 Å². The summed E-state index contributed by atoms with van der Waals surface area (Å²) in [5, 5.41) is 2.70. The first-order chi connectivity index (χ1) is 7.61. The average Bonchev–Trinajstić information content (AvgIpc) is 2.25. The van der Waals surface area contributed by atoms with Gasteiger partial charge in [-0.1, -0.05) is 13.0 Å². The number of anilines is 1. The van der Waals surface area contributed by atoms with Crippen LogP contribution >= 0.6 is 0 Å². The zero-order chi connectivity index (χ0) is 12.0. The predicted octanol–water partition coefficient (Wildman–Crippen LogP) is 1.62. The monoisotopic (exact) mass is 222 g/mol. The van der Waals surface area contributed by atoms with Crippen molar-refractivity contribution in [2.75, 3.05) is 18.5 Å². The molecule has 0 bridgehead atoms. The van der Waals surface area contributed by atoms with Gasteiger partial charge in [-0.2, -0.15) is 0 Å². The van der Waals surface area contributed by atoms with Gasteiger partial charge in [-0.15, -0.1) is 0 Å². The Hall–Kier alpha value is -1.55. The molecule has 0 radical (unpaired) electrons.